The highest BCUT2D eigenvalue weighted by atomic mass is 16.2. The summed E-state index contributed by atoms with van der Waals surface area (Å²) in [5, 5.41) is 3.04. The van der Waals surface area contributed by atoms with Crippen molar-refractivity contribution in [2.45, 2.75) is 19.0 Å². The molecule has 2 heterocycles. The molecule has 0 radical (unpaired) electrons. The lowest BCUT2D eigenvalue weighted by molar-refractivity contribution is -0.115. The molecule has 2 aliphatic heterocycles. The molecule has 1 aromatic rings. The first-order valence-electron chi connectivity index (χ1n) is 6.26. The molecule has 1 amide bonds. The van der Waals surface area contributed by atoms with E-state index in [1.165, 1.54) is 5.56 Å². The van der Waals surface area contributed by atoms with Crippen LogP contribution in [0.2, 0.25) is 0 Å². The maximum Gasteiger partial charge on any atom is 0.272 e. The van der Waals surface area contributed by atoms with Crippen molar-refractivity contribution in [1.82, 2.24) is 10.2 Å². The first-order valence-corrected chi connectivity index (χ1v) is 6.26. The van der Waals surface area contributed by atoms with E-state index in [9.17, 15) is 4.79 Å². The third kappa shape index (κ3) is 1.82. The molecule has 94 valence electrons. The standard InChI is InChI=1S/C14H17N3O/c1-10-3-5-11(6-4-10)12-13(18)16-14(15-12)7-8-17(2)9-14/h3-6H,7-9H2,1-2H3,(H,16,18). The zero-order valence-corrected chi connectivity index (χ0v) is 10.7. The van der Waals surface area contributed by atoms with Crippen LogP contribution in [0.5, 0.6) is 0 Å². The van der Waals surface area contributed by atoms with E-state index in [-0.39, 0.29) is 11.6 Å². The Kier molecular flexibility index (Phi) is 2.48. The van der Waals surface area contributed by atoms with Crippen LogP contribution in [0.3, 0.4) is 0 Å². The van der Waals surface area contributed by atoms with Gasteiger partial charge in [-0.3, -0.25) is 4.79 Å². The van der Waals surface area contributed by atoms with Crippen LogP contribution in [-0.2, 0) is 4.79 Å². The average Bonchev–Trinajstić information content (AvgIpc) is 2.84. The Morgan fingerprint density at radius 1 is 1.33 bits per heavy atom. The van der Waals surface area contributed by atoms with Crippen LogP contribution in [0.4, 0.5) is 0 Å². The van der Waals surface area contributed by atoms with E-state index >= 15 is 0 Å². The predicted octanol–water partition coefficient (Wildman–Crippen LogP) is 0.946. The van der Waals surface area contributed by atoms with Gasteiger partial charge in [0.05, 0.1) is 0 Å². The highest BCUT2D eigenvalue weighted by Crippen LogP contribution is 2.26. The van der Waals surface area contributed by atoms with Crippen molar-refractivity contribution < 1.29 is 4.79 Å². The number of carbonyl (C=O) groups is 1. The lowest BCUT2D eigenvalue weighted by atomic mass is 10.1. The van der Waals surface area contributed by atoms with Crippen LogP contribution < -0.4 is 5.32 Å². The second-order valence-electron chi connectivity index (χ2n) is 5.30. The molecule has 1 spiro atoms. The molecule has 0 saturated carbocycles. The van der Waals surface area contributed by atoms with Crippen LogP contribution >= 0.6 is 0 Å². The van der Waals surface area contributed by atoms with Crippen LogP contribution in [-0.4, -0.2) is 42.3 Å². The molecule has 0 aromatic heterocycles. The Labute approximate surface area is 107 Å². The Balaban J connectivity index is 1.94. The van der Waals surface area contributed by atoms with E-state index in [1.54, 1.807) is 0 Å². The maximum atomic E-state index is 12.1. The number of carbonyl (C=O) groups excluding carboxylic acids is 1. The Morgan fingerprint density at radius 2 is 2.06 bits per heavy atom. The van der Waals surface area contributed by atoms with Crippen molar-refractivity contribution in [2.24, 2.45) is 4.99 Å². The molecule has 1 saturated heterocycles. The Morgan fingerprint density at radius 3 is 2.67 bits per heavy atom. The van der Waals surface area contributed by atoms with Gasteiger partial charge >= 0.3 is 0 Å². The zero-order valence-electron chi connectivity index (χ0n) is 10.7. The van der Waals surface area contributed by atoms with Gasteiger partial charge in [-0.2, -0.15) is 0 Å². The highest BCUT2D eigenvalue weighted by Gasteiger charge is 2.43. The Bertz CT molecular complexity index is 520. The third-order valence-corrected chi connectivity index (χ3v) is 3.65. The van der Waals surface area contributed by atoms with E-state index in [0.717, 1.165) is 25.1 Å². The molecule has 1 aromatic carbocycles. The number of likely N-dealkylation sites (N-methyl/N-ethyl adjacent to an activating group) is 1. The number of nitrogens with one attached hydrogen (secondary N) is 1. The lowest BCUT2D eigenvalue weighted by Crippen LogP contribution is -2.44. The summed E-state index contributed by atoms with van der Waals surface area (Å²) in [6.45, 7) is 3.81. The molecule has 3 rings (SSSR count). The molecule has 0 aliphatic carbocycles. The molecule has 18 heavy (non-hydrogen) atoms. The van der Waals surface area contributed by atoms with Crippen molar-refractivity contribution in [1.29, 1.82) is 0 Å². The van der Waals surface area contributed by atoms with Crippen molar-refractivity contribution in [3.05, 3.63) is 35.4 Å². The molecule has 4 nitrogen and oxygen atoms in total. The van der Waals surface area contributed by atoms with Gasteiger partial charge in [0, 0.05) is 25.1 Å². The number of amides is 1. The fourth-order valence-electron chi connectivity index (χ4n) is 2.64. The predicted molar refractivity (Wildman–Crippen MR) is 70.7 cm³/mol. The van der Waals surface area contributed by atoms with Crippen LogP contribution in [0, 0.1) is 6.92 Å². The number of hydrogen-bond donors (Lipinski definition) is 1. The summed E-state index contributed by atoms with van der Waals surface area (Å²) >= 11 is 0. The summed E-state index contributed by atoms with van der Waals surface area (Å²) in [5.74, 6) is -0.0471. The minimum Gasteiger partial charge on any atom is -0.325 e. The molecule has 1 atom stereocenters. The molecule has 1 unspecified atom stereocenters. The summed E-state index contributed by atoms with van der Waals surface area (Å²) in [5.41, 5.74) is 2.29. The first kappa shape index (κ1) is 11.4. The topological polar surface area (TPSA) is 44.7 Å². The van der Waals surface area contributed by atoms with Gasteiger partial charge in [0.25, 0.3) is 5.91 Å². The van der Waals surface area contributed by atoms with Gasteiger partial charge in [-0.1, -0.05) is 29.8 Å². The van der Waals surface area contributed by atoms with Crippen molar-refractivity contribution in [3.8, 4) is 0 Å². The molecule has 4 heteroatoms. The number of likely N-dealkylation sites (tertiary alicyclic amines) is 1. The monoisotopic (exact) mass is 243 g/mol. The molecule has 1 fully saturated rings. The van der Waals surface area contributed by atoms with Crippen LogP contribution in [0.25, 0.3) is 0 Å². The van der Waals surface area contributed by atoms with Crippen LogP contribution in [0.1, 0.15) is 17.5 Å². The highest BCUT2D eigenvalue weighted by molar-refractivity contribution is 6.46. The van der Waals surface area contributed by atoms with Gasteiger partial charge in [-0.05, 0) is 14.0 Å². The van der Waals surface area contributed by atoms with Gasteiger partial charge in [0.2, 0.25) is 0 Å². The minimum absolute atomic E-state index is 0.0471. The number of hydrogen-bond acceptors (Lipinski definition) is 3. The number of aliphatic imine (C=N–C) groups is 1. The van der Waals surface area contributed by atoms with E-state index < -0.39 is 0 Å². The molecular formula is C14H17N3O. The van der Waals surface area contributed by atoms with E-state index in [1.807, 2.05) is 31.2 Å². The first-order chi connectivity index (χ1) is 8.58. The fourth-order valence-corrected chi connectivity index (χ4v) is 2.64. The zero-order chi connectivity index (χ0) is 12.8. The van der Waals surface area contributed by atoms with Gasteiger partial charge in [0.1, 0.15) is 11.4 Å². The van der Waals surface area contributed by atoms with E-state index in [4.69, 9.17) is 0 Å². The van der Waals surface area contributed by atoms with Gasteiger partial charge in [0.15, 0.2) is 0 Å². The summed E-state index contributed by atoms with van der Waals surface area (Å²) in [7, 11) is 2.06. The average molecular weight is 243 g/mol. The summed E-state index contributed by atoms with van der Waals surface area (Å²) in [6, 6.07) is 7.95. The molecular weight excluding hydrogens is 226 g/mol. The Hall–Kier alpha value is -1.68. The summed E-state index contributed by atoms with van der Waals surface area (Å²) in [4.78, 5) is 18.9. The van der Waals surface area contributed by atoms with Crippen molar-refractivity contribution >= 4 is 11.6 Å². The van der Waals surface area contributed by atoms with Gasteiger partial charge < -0.3 is 10.2 Å². The molecule has 2 aliphatic rings. The normalized spacial score (nSPS) is 27.7. The fraction of sp³-hybridized carbons (Fsp3) is 0.429. The second-order valence-corrected chi connectivity index (χ2v) is 5.30. The minimum atomic E-state index is -0.383. The second kappa shape index (κ2) is 3.92. The summed E-state index contributed by atoms with van der Waals surface area (Å²) < 4.78 is 0. The smallest absolute Gasteiger partial charge is 0.272 e. The van der Waals surface area contributed by atoms with Crippen molar-refractivity contribution in [3.63, 3.8) is 0 Å². The lowest BCUT2D eigenvalue weighted by Gasteiger charge is -2.19. The van der Waals surface area contributed by atoms with Crippen LogP contribution in [0.15, 0.2) is 29.3 Å². The maximum absolute atomic E-state index is 12.1. The molecule has 0 bridgehead atoms. The van der Waals surface area contributed by atoms with E-state index in [0.29, 0.717) is 5.71 Å². The molecule has 1 N–H and O–H groups in total. The van der Waals surface area contributed by atoms with Crippen molar-refractivity contribution in [2.75, 3.05) is 20.1 Å². The quantitative estimate of drug-likeness (QED) is 0.798. The largest absolute Gasteiger partial charge is 0.325 e. The number of aryl methyl sites for hydroxylation is 1. The number of nitrogens with zero attached hydrogens (tertiary/aromatic N) is 2. The SMILES string of the molecule is Cc1ccc(C2=NC3(CCN(C)C3)NC2=O)cc1. The summed E-state index contributed by atoms with van der Waals surface area (Å²) in [6.07, 6.45) is 0.893. The van der Waals surface area contributed by atoms with Gasteiger partial charge in [-0.25, -0.2) is 4.99 Å². The van der Waals surface area contributed by atoms with Gasteiger partial charge in [-0.15, -0.1) is 0 Å². The third-order valence-electron chi connectivity index (χ3n) is 3.65. The number of benzene rings is 1. The number of rotatable bonds is 1. The van der Waals surface area contributed by atoms with E-state index in [2.05, 4.69) is 22.3 Å².